The fraction of sp³-hybridized carbons (Fsp3) is 0.429. The zero-order valence-corrected chi connectivity index (χ0v) is 13.8. The van der Waals surface area contributed by atoms with Gasteiger partial charge >= 0.3 is 0 Å². The molecular formula is C14H18N2O4S2. The van der Waals surface area contributed by atoms with Crippen molar-refractivity contribution in [3.63, 3.8) is 0 Å². The Morgan fingerprint density at radius 2 is 1.95 bits per heavy atom. The Labute approximate surface area is 134 Å². The van der Waals surface area contributed by atoms with Crippen LogP contribution in [-0.2, 0) is 14.6 Å². The molecule has 1 heterocycles. The van der Waals surface area contributed by atoms with Crippen LogP contribution >= 0.6 is 11.8 Å². The quantitative estimate of drug-likeness (QED) is 0.830. The largest absolute Gasteiger partial charge is 0.355 e. The van der Waals surface area contributed by atoms with E-state index in [-0.39, 0.29) is 34.3 Å². The van der Waals surface area contributed by atoms with E-state index >= 15 is 0 Å². The van der Waals surface area contributed by atoms with E-state index in [2.05, 4.69) is 10.6 Å². The third kappa shape index (κ3) is 4.74. The monoisotopic (exact) mass is 342 g/mol. The lowest BCUT2D eigenvalue weighted by molar-refractivity contribution is -0.113. The highest BCUT2D eigenvalue weighted by molar-refractivity contribution is 8.02. The number of anilines is 1. The summed E-state index contributed by atoms with van der Waals surface area (Å²) >= 11 is 1.37. The van der Waals surface area contributed by atoms with Crippen LogP contribution in [0.15, 0.2) is 24.3 Å². The molecule has 2 rings (SSSR count). The minimum atomic E-state index is -2.91. The summed E-state index contributed by atoms with van der Waals surface area (Å²) in [4.78, 5) is 23.2. The van der Waals surface area contributed by atoms with E-state index in [9.17, 15) is 18.0 Å². The van der Waals surface area contributed by atoms with E-state index in [0.29, 0.717) is 17.7 Å². The summed E-state index contributed by atoms with van der Waals surface area (Å²) in [6, 6.07) is 6.58. The molecule has 0 aromatic heterocycles. The van der Waals surface area contributed by atoms with E-state index in [4.69, 9.17) is 0 Å². The Balaban J connectivity index is 1.81. The second-order valence-corrected chi connectivity index (χ2v) is 8.56. The lowest BCUT2D eigenvalue weighted by atomic mass is 10.2. The van der Waals surface area contributed by atoms with Gasteiger partial charge in [0, 0.05) is 23.5 Å². The summed E-state index contributed by atoms with van der Waals surface area (Å²) in [7, 11) is -1.35. The van der Waals surface area contributed by atoms with Gasteiger partial charge in [-0.1, -0.05) is 0 Å². The molecule has 0 unspecified atom stereocenters. The van der Waals surface area contributed by atoms with Gasteiger partial charge in [-0.05, 0) is 30.7 Å². The lowest BCUT2D eigenvalue weighted by Crippen LogP contribution is -2.19. The number of carbonyl (C=O) groups excluding carboxylic acids is 2. The van der Waals surface area contributed by atoms with Gasteiger partial charge in [0.2, 0.25) is 5.91 Å². The summed E-state index contributed by atoms with van der Waals surface area (Å²) in [6.45, 7) is 0. The van der Waals surface area contributed by atoms with Crippen molar-refractivity contribution < 1.29 is 18.0 Å². The maximum atomic E-state index is 11.8. The molecule has 1 aliphatic heterocycles. The van der Waals surface area contributed by atoms with Gasteiger partial charge in [0.25, 0.3) is 5.91 Å². The second kappa shape index (κ2) is 7.15. The topological polar surface area (TPSA) is 92.3 Å². The van der Waals surface area contributed by atoms with Gasteiger partial charge in [-0.15, -0.1) is 11.8 Å². The Bertz CT molecular complexity index is 656. The van der Waals surface area contributed by atoms with Gasteiger partial charge in [-0.2, -0.15) is 0 Å². The fourth-order valence-corrected chi connectivity index (χ4v) is 5.58. The van der Waals surface area contributed by atoms with Gasteiger partial charge in [-0.25, -0.2) is 8.42 Å². The highest BCUT2D eigenvalue weighted by atomic mass is 32.2. The van der Waals surface area contributed by atoms with Crippen molar-refractivity contribution in [1.29, 1.82) is 0 Å². The second-order valence-electron chi connectivity index (χ2n) is 5.04. The maximum absolute atomic E-state index is 11.8. The number of sulfone groups is 1. The molecule has 0 spiro atoms. The van der Waals surface area contributed by atoms with E-state index in [1.54, 1.807) is 31.3 Å². The van der Waals surface area contributed by atoms with Crippen molar-refractivity contribution in [1.82, 2.24) is 5.32 Å². The fourth-order valence-electron chi connectivity index (χ4n) is 2.13. The van der Waals surface area contributed by atoms with Crippen LogP contribution in [0.5, 0.6) is 0 Å². The molecule has 22 heavy (non-hydrogen) atoms. The molecule has 2 amide bonds. The van der Waals surface area contributed by atoms with Crippen molar-refractivity contribution in [3.8, 4) is 0 Å². The molecule has 1 aromatic rings. The third-order valence-corrected chi connectivity index (χ3v) is 6.58. The highest BCUT2D eigenvalue weighted by Gasteiger charge is 2.28. The molecule has 120 valence electrons. The van der Waals surface area contributed by atoms with Crippen LogP contribution in [0.3, 0.4) is 0 Å². The molecule has 1 atom stereocenters. The number of amides is 2. The summed E-state index contributed by atoms with van der Waals surface area (Å²) in [5.41, 5.74) is 1.13. The molecule has 1 fully saturated rings. The SMILES string of the molecule is CNC(=O)c1ccc(NC(=O)CS[C@@H]2CCS(=O)(=O)C2)cc1. The first kappa shape index (κ1) is 16.8. The van der Waals surface area contributed by atoms with Crippen LogP contribution in [0.2, 0.25) is 0 Å². The Morgan fingerprint density at radius 1 is 1.27 bits per heavy atom. The van der Waals surface area contributed by atoms with Crippen LogP contribution in [-0.4, -0.2) is 49.8 Å². The number of benzene rings is 1. The lowest BCUT2D eigenvalue weighted by Gasteiger charge is -2.09. The smallest absolute Gasteiger partial charge is 0.251 e. The zero-order valence-electron chi connectivity index (χ0n) is 12.2. The van der Waals surface area contributed by atoms with E-state index in [1.165, 1.54) is 11.8 Å². The van der Waals surface area contributed by atoms with Crippen molar-refractivity contribution in [2.45, 2.75) is 11.7 Å². The zero-order chi connectivity index (χ0) is 16.2. The normalized spacial score (nSPS) is 19.6. The van der Waals surface area contributed by atoms with E-state index in [0.717, 1.165) is 0 Å². The van der Waals surface area contributed by atoms with Crippen molar-refractivity contribution in [3.05, 3.63) is 29.8 Å². The van der Waals surface area contributed by atoms with E-state index < -0.39 is 9.84 Å². The highest BCUT2D eigenvalue weighted by Crippen LogP contribution is 2.24. The summed E-state index contributed by atoms with van der Waals surface area (Å²) in [5, 5.41) is 5.26. The van der Waals surface area contributed by atoms with Crippen molar-refractivity contribution in [2.75, 3.05) is 29.6 Å². The predicted octanol–water partition coefficient (Wildman–Crippen LogP) is 0.905. The number of rotatable bonds is 5. The van der Waals surface area contributed by atoms with E-state index in [1.807, 2.05) is 0 Å². The molecule has 8 heteroatoms. The van der Waals surface area contributed by atoms with Gasteiger partial charge in [0.15, 0.2) is 9.84 Å². The summed E-state index contributed by atoms with van der Waals surface area (Å²) in [6.07, 6.45) is 0.612. The van der Waals surface area contributed by atoms with Gasteiger partial charge in [0.1, 0.15) is 0 Å². The molecule has 0 bridgehead atoms. The van der Waals surface area contributed by atoms with Crippen LogP contribution < -0.4 is 10.6 Å². The first-order valence-corrected chi connectivity index (χ1v) is 9.70. The van der Waals surface area contributed by atoms with Gasteiger partial charge < -0.3 is 10.6 Å². The third-order valence-electron chi connectivity index (χ3n) is 3.30. The van der Waals surface area contributed by atoms with Crippen LogP contribution in [0.25, 0.3) is 0 Å². The molecular weight excluding hydrogens is 324 g/mol. The average Bonchev–Trinajstić information content (AvgIpc) is 2.84. The minimum Gasteiger partial charge on any atom is -0.355 e. The number of carbonyl (C=O) groups is 2. The molecule has 2 N–H and O–H groups in total. The predicted molar refractivity (Wildman–Crippen MR) is 88.0 cm³/mol. The molecule has 6 nitrogen and oxygen atoms in total. The number of hydrogen-bond donors (Lipinski definition) is 2. The summed E-state index contributed by atoms with van der Waals surface area (Å²) in [5.74, 6) is 0.231. The number of nitrogens with one attached hydrogen (secondary N) is 2. The molecule has 0 radical (unpaired) electrons. The maximum Gasteiger partial charge on any atom is 0.251 e. The molecule has 0 aliphatic carbocycles. The Morgan fingerprint density at radius 3 is 2.50 bits per heavy atom. The van der Waals surface area contributed by atoms with Gasteiger partial charge in [-0.3, -0.25) is 9.59 Å². The van der Waals surface area contributed by atoms with Crippen molar-refractivity contribution >= 4 is 39.1 Å². The molecule has 1 aromatic carbocycles. The molecule has 0 saturated carbocycles. The van der Waals surface area contributed by atoms with Crippen LogP contribution in [0, 0.1) is 0 Å². The average molecular weight is 342 g/mol. The van der Waals surface area contributed by atoms with Gasteiger partial charge in [0.05, 0.1) is 17.3 Å². The molecule has 1 saturated heterocycles. The summed E-state index contributed by atoms with van der Waals surface area (Å²) < 4.78 is 22.7. The standard InChI is InChI=1S/C14H18N2O4S2/c1-15-14(18)10-2-4-11(5-3-10)16-13(17)8-21-12-6-7-22(19,20)9-12/h2-5,12H,6-9H2,1H3,(H,15,18)(H,16,17)/t12-/m1/s1. The molecule has 1 aliphatic rings. The van der Waals surface area contributed by atoms with Crippen LogP contribution in [0.4, 0.5) is 5.69 Å². The Hall–Kier alpha value is -1.54. The Kier molecular flexibility index (Phi) is 5.47. The van der Waals surface area contributed by atoms with Crippen molar-refractivity contribution in [2.24, 2.45) is 0 Å². The van der Waals surface area contributed by atoms with Crippen LogP contribution in [0.1, 0.15) is 16.8 Å². The number of thioether (sulfide) groups is 1. The number of hydrogen-bond acceptors (Lipinski definition) is 5. The minimum absolute atomic E-state index is 0.00590. The first-order valence-electron chi connectivity index (χ1n) is 6.83. The first-order chi connectivity index (χ1) is 10.4.